The third-order valence-corrected chi connectivity index (χ3v) is 8.85. The largest absolute Gasteiger partial charge is 2.00 e. The second kappa shape index (κ2) is 9.47. The van der Waals surface area contributed by atoms with Gasteiger partial charge in [0.15, 0.2) is 5.78 Å². The van der Waals surface area contributed by atoms with Crippen LogP contribution in [0.5, 0.6) is 0 Å². The van der Waals surface area contributed by atoms with Gasteiger partial charge in [-0.05, 0) is 44.6 Å². The number of carbonyl (C=O) groups excluding carboxylic acids is 1. The Bertz CT molecular complexity index is 1680. The average molecular weight is 517 g/mol. The number of aliphatic hydroxyl groups is 1. The van der Waals surface area contributed by atoms with E-state index in [1.807, 2.05) is 39.0 Å². The van der Waals surface area contributed by atoms with Crippen molar-refractivity contribution in [3.8, 4) is 0 Å². The van der Waals surface area contributed by atoms with Gasteiger partial charge in [-0.1, -0.05) is 73.7 Å². The predicted molar refractivity (Wildman–Crippen MR) is 151 cm³/mol. The van der Waals surface area contributed by atoms with Gasteiger partial charge in [0.2, 0.25) is 0 Å². The fourth-order valence-electron chi connectivity index (χ4n) is 6.22. The number of Topliss-reactive ketones (excluding diaryl/α,β-unsaturated/α-hetero) is 1. The van der Waals surface area contributed by atoms with E-state index in [1.165, 1.54) is 0 Å². The zero-order chi connectivity index (χ0) is 26.3. The minimum absolute atomic E-state index is 0. The second-order valence-electron chi connectivity index (χ2n) is 10.8. The van der Waals surface area contributed by atoms with Crippen molar-refractivity contribution < 1.29 is 9.90 Å². The van der Waals surface area contributed by atoms with E-state index in [-0.39, 0.29) is 53.2 Å². The van der Waals surface area contributed by atoms with Gasteiger partial charge in [0.05, 0.1) is 6.61 Å². The summed E-state index contributed by atoms with van der Waals surface area (Å²) in [6, 6.07) is 0. The summed E-state index contributed by atoms with van der Waals surface area (Å²) in [5.74, 6) is 0.170. The molecular formula is C31H32MgN4O2-2. The third kappa shape index (κ3) is 3.66. The summed E-state index contributed by atoms with van der Waals surface area (Å²) >= 11 is 0. The van der Waals surface area contributed by atoms with Gasteiger partial charge in [0.25, 0.3) is 0 Å². The first kappa shape index (κ1) is 26.8. The van der Waals surface area contributed by atoms with Gasteiger partial charge >= 0.3 is 23.1 Å². The molecular weight excluding hydrogens is 485 g/mol. The van der Waals surface area contributed by atoms with Crippen molar-refractivity contribution in [1.29, 1.82) is 0 Å². The second-order valence-corrected chi connectivity index (χ2v) is 10.8. The van der Waals surface area contributed by atoms with Gasteiger partial charge in [-0.25, -0.2) is 0 Å². The summed E-state index contributed by atoms with van der Waals surface area (Å²) in [4.78, 5) is 28.4. The van der Waals surface area contributed by atoms with E-state index in [0.29, 0.717) is 0 Å². The number of hydrogen-bond donors (Lipinski definition) is 1. The van der Waals surface area contributed by atoms with Crippen LogP contribution in [0.2, 0.25) is 0 Å². The molecule has 7 heteroatoms. The molecule has 1 N–H and O–H groups in total. The number of aromatic nitrogens is 3. The molecule has 0 amide bonds. The van der Waals surface area contributed by atoms with Crippen LogP contribution in [0.15, 0.2) is 11.4 Å². The molecule has 192 valence electrons. The standard InChI is InChI=1S/C31H33N4O2.Mg/c1-8-19-15(4)23-10-26-20(12-36)16(5)22(33-26)9-21-13(2)14(3)29(34-21)27-18(7)31(37)28-17(6)24(35-30(27)28)11-25(19)32-23;/h9-11,13-14,18,36H,8,12H2,1-7H3,(H-,34,35,37);/q-3;+2/p-1/b21-9-,23-10-,25-11-;/t13-,14-,18+;/m0./s1. The number of allylic oxidation sites excluding steroid dienone is 3. The van der Waals surface area contributed by atoms with Gasteiger partial charge in [0, 0.05) is 11.5 Å². The summed E-state index contributed by atoms with van der Waals surface area (Å²) in [6.45, 7) is 14.4. The SMILES string of the molecule is CCc1c(C)/c2[n-]/c1=C\c1[n-]c3c(c1C)C(=O)[C@H](C)/C3=C1/[N-]/C(=C\c3[n-]c(c(CO)c3C)\C=2)[C@@H](C)[C@@H]1C.[Mg+2]. The predicted octanol–water partition coefficient (Wildman–Crippen LogP) is 3.37. The maximum absolute atomic E-state index is 13.5. The number of carbonyl (C=O) groups is 1. The smallest absolute Gasteiger partial charge is 0.664 e. The Balaban J connectivity index is 0.00000294. The first-order valence-electron chi connectivity index (χ1n) is 13.2. The van der Waals surface area contributed by atoms with Crippen molar-refractivity contribution in [3.63, 3.8) is 0 Å². The Morgan fingerprint density at radius 1 is 0.816 bits per heavy atom. The number of ketones is 1. The van der Waals surface area contributed by atoms with E-state index in [9.17, 15) is 9.90 Å². The van der Waals surface area contributed by atoms with Gasteiger partial charge in [-0.15, -0.1) is 33.5 Å². The summed E-state index contributed by atoms with van der Waals surface area (Å²) < 4.78 is 0. The zero-order valence-corrected chi connectivity index (χ0v) is 24.6. The molecule has 3 aromatic heterocycles. The Hall–Kier alpha value is -2.74. The zero-order valence-electron chi connectivity index (χ0n) is 23.2. The summed E-state index contributed by atoms with van der Waals surface area (Å²) in [6.07, 6.45) is 6.88. The van der Waals surface area contributed by atoms with E-state index in [0.717, 1.165) is 90.2 Å². The molecule has 38 heavy (non-hydrogen) atoms. The topological polar surface area (TPSA) is 93.7 Å². The minimum Gasteiger partial charge on any atom is -0.664 e. The molecule has 8 bridgehead atoms. The van der Waals surface area contributed by atoms with E-state index in [2.05, 4.69) is 27.7 Å². The maximum atomic E-state index is 13.5. The molecule has 1 aliphatic carbocycles. The first-order chi connectivity index (χ1) is 17.7. The number of fused-ring (bicyclic) bond motifs is 7. The van der Waals surface area contributed by atoms with Crippen molar-refractivity contribution >= 4 is 52.6 Å². The molecule has 6 nitrogen and oxygen atoms in total. The molecule has 0 saturated carbocycles. The molecule has 3 atom stereocenters. The third-order valence-electron chi connectivity index (χ3n) is 8.85. The van der Waals surface area contributed by atoms with Gasteiger partial charge in [-0.3, -0.25) is 4.79 Å². The van der Waals surface area contributed by atoms with Crippen LogP contribution in [0.3, 0.4) is 0 Å². The molecule has 0 aromatic carbocycles. The van der Waals surface area contributed by atoms with Gasteiger partial charge in [0.1, 0.15) is 0 Å². The molecule has 3 aromatic rings. The van der Waals surface area contributed by atoms with Gasteiger partial charge in [-0.2, -0.15) is 11.4 Å². The Labute approximate surface area is 239 Å². The maximum Gasteiger partial charge on any atom is 2.00 e. The van der Waals surface area contributed by atoms with Crippen molar-refractivity contribution in [3.05, 3.63) is 83.6 Å². The molecule has 1 fully saturated rings. The Morgan fingerprint density at radius 2 is 1.50 bits per heavy atom. The summed E-state index contributed by atoms with van der Waals surface area (Å²) in [7, 11) is 0. The van der Waals surface area contributed by atoms with E-state index in [1.54, 1.807) is 0 Å². The number of aliphatic hydroxyl groups excluding tert-OH is 1. The first-order valence-corrected chi connectivity index (χ1v) is 13.2. The number of hydrogen-bond acceptors (Lipinski definition) is 2. The normalized spacial score (nSPS) is 26.7. The molecule has 0 radical (unpaired) electrons. The monoisotopic (exact) mass is 516 g/mol. The van der Waals surface area contributed by atoms with E-state index in [4.69, 9.17) is 20.3 Å². The van der Waals surface area contributed by atoms with Crippen LogP contribution in [-0.2, 0) is 13.0 Å². The fourth-order valence-corrected chi connectivity index (χ4v) is 6.22. The van der Waals surface area contributed by atoms with Crippen molar-refractivity contribution in [2.75, 3.05) is 0 Å². The Kier molecular flexibility index (Phi) is 6.69. The van der Waals surface area contributed by atoms with Gasteiger partial charge < -0.3 is 25.4 Å². The fraction of sp³-hybridized carbons (Fsp3) is 0.387. The molecule has 6 rings (SSSR count). The van der Waals surface area contributed by atoms with Crippen LogP contribution in [0, 0.1) is 38.5 Å². The summed E-state index contributed by atoms with van der Waals surface area (Å²) in [5.41, 5.74) is 11.7. The molecule has 5 heterocycles. The average Bonchev–Trinajstić information content (AvgIpc) is 3.58. The molecule has 0 spiro atoms. The van der Waals surface area contributed by atoms with Crippen molar-refractivity contribution in [2.24, 2.45) is 17.8 Å². The summed E-state index contributed by atoms with van der Waals surface area (Å²) in [5, 5.41) is 17.1. The van der Waals surface area contributed by atoms with Crippen LogP contribution in [0.25, 0.3) is 29.1 Å². The van der Waals surface area contributed by atoms with Crippen LogP contribution >= 0.6 is 0 Å². The number of nitrogens with zero attached hydrogens (tertiary/aromatic N) is 4. The van der Waals surface area contributed by atoms with Crippen molar-refractivity contribution in [1.82, 2.24) is 15.0 Å². The van der Waals surface area contributed by atoms with Crippen LogP contribution in [0.4, 0.5) is 0 Å². The van der Waals surface area contributed by atoms with Crippen LogP contribution in [0.1, 0.15) is 88.6 Å². The van der Waals surface area contributed by atoms with Crippen molar-refractivity contribution in [2.45, 2.75) is 61.5 Å². The number of rotatable bonds is 2. The molecule has 0 unspecified atom stereocenters. The van der Waals surface area contributed by atoms with Crippen LogP contribution < -0.4 is 25.7 Å². The van der Waals surface area contributed by atoms with E-state index < -0.39 is 0 Å². The Morgan fingerprint density at radius 3 is 2.18 bits per heavy atom. The van der Waals surface area contributed by atoms with E-state index >= 15 is 0 Å². The minimum atomic E-state index is -0.269. The van der Waals surface area contributed by atoms with Crippen LogP contribution in [-0.4, -0.2) is 33.9 Å². The molecule has 2 aliphatic heterocycles. The molecule has 3 aliphatic rings. The molecule has 1 saturated heterocycles. The quantitative estimate of drug-likeness (QED) is 0.527.